The summed E-state index contributed by atoms with van der Waals surface area (Å²) in [6.45, 7) is -1.44. The van der Waals surface area contributed by atoms with Crippen LogP contribution in [0, 0.1) is 0 Å². The number of carboxylic acid groups (broad SMARTS) is 1. The first-order valence-electron chi connectivity index (χ1n) is 4.01. The molecule has 0 aromatic heterocycles. The predicted octanol–water partition coefficient (Wildman–Crippen LogP) is -3.34. The van der Waals surface area contributed by atoms with Crippen LogP contribution in [-0.2, 0) is 14.4 Å². The Kier molecular flexibility index (Phi) is 5.99. The van der Waals surface area contributed by atoms with E-state index in [0.29, 0.717) is 0 Å². The molecule has 0 aliphatic heterocycles. The Morgan fingerprint density at radius 2 is 1.73 bits per heavy atom. The molecule has 0 spiro atoms. The van der Waals surface area contributed by atoms with Crippen molar-refractivity contribution in [2.24, 2.45) is 0 Å². The van der Waals surface area contributed by atoms with Gasteiger partial charge in [0.05, 0.1) is 13.2 Å². The fourth-order valence-electron chi connectivity index (χ4n) is 0.751. The van der Waals surface area contributed by atoms with E-state index in [9.17, 15) is 14.4 Å². The second-order valence-electron chi connectivity index (χ2n) is 2.60. The summed E-state index contributed by atoms with van der Waals surface area (Å²) >= 11 is 0. The number of carboxylic acids is 1. The maximum atomic E-state index is 11.2. The molecule has 0 bridgehead atoms. The number of aliphatic hydroxyl groups is 2. The van der Waals surface area contributed by atoms with Crippen molar-refractivity contribution in [2.45, 2.75) is 12.1 Å². The maximum absolute atomic E-state index is 11.2. The number of carbonyl (C=O) groups excluding carboxylic acids is 2. The van der Waals surface area contributed by atoms with Gasteiger partial charge in [0.15, 0.2) is 0 Å². The molecule has 0 saturated heterocycles. The van der Waals surface area contributed by atoms with E-state index in [-0.39, 0.29) is 6.41 Å². The average Bonchev–Trinajstić information content (AvgIpc) is 2.21. The Bertz CT molecular complexity index is 244. The highest BCUT2D eigenvalue weighted by Crippen LogP contribution is 1.87. The maximum Gasteiger partial charge on any atom is 0.328 e. The summed E-state index contributed by atoms with van der Waals surface area (Å²) in [5, 5.41) is 29.6. The lowest BCUT2D eigenvalue weighted by Gasteiger charge is -2.16. The summed E-state index contributed by atoms with van der Waals surface area (Å²) in [6, 6.07) is -2.68. The van der Waals surface area contributed by atoms with Gasteiger partial charge in [-0.1, -0.05) is 0 Å². The van der Waals surface area contributed by atoms with E-state index < -0.39 is 37.2 Å². The van der Waals surface area contributed by atoms with Crippen LogP contribution in [0.5, 0.6) is 0 Å². The summed E-state index contributed by atoms with van der Waals surface area (Å²) in [4.78, 5) is 31.6. The van der Waals surface area contributed by atoms with Crippen LogP contribution in [0.15, 0.2) is 0 Å². The minimum Gasteiger partial charge on any atom is -0.480 e. The molecule has 86 valence electrons. The number of amides is 2. The van der Waals surface area contributed by atoms with Crippen LogP contribution in [0.3, 0.4) is 0 Å². The van der Waals surface area contributed by atoms with E-state index in [1.54, 1.807) is 0 Å². The number of hydrogen-bond donors (Lipinski definition) is 5. The van der Waals surface area contributed by atoms with Crippen molar-refractivity contribution in [2.75, 3.05) is 13.2 Å². The van der Waals surface area contributed by atoms with Gasteiger partial charge in [0.2, 0.25) is 12.3 Å². The van der Waals surface area contributed by atoms with Crippen molar-refractivity contribution in [3.63, 3.8) is 0 Å². The first-order valence-corrected chi connectivity index (χ1v) is 4.01. The van der Waals surface area contributed by atoms with Crippen molar-refractivity contribution in [3.05, 3.63) is 0 Å². The molecule has 8 nitrogen and oxygen atoms in total. The first kappa shape index (κ1) is 13.3. The number of nitrogens with one attached hydrogen (secondary N) is 2. The average molecular weight is 220 g/mol. The molecule has 1 unspecified atom stereocenters. The Labute approximate surface area is 84.9 Å². The van der Waals surface area contributed by atoms with Crippen LogP contribution >= 0.6 is 0 Å². The molecule has 0 heterocycles. The minimum atomic E-state index is -1.46. The second-order valence-corrected chi connectivity index (χ2v) is 2.60. The molecule has 2 atom stereocenters. The van der Waals surface area contributed by atoms with Crippen molar-refractivity contribution >= 4 is 18.3 Å². The van der Waals surface area contributed by atoms with Gasteiger partial charge in [0.1, 0.15) is 12.1 Å². The number of carbonyl (C=O) groups is 3. The van der Waals surface area contributed by atoms with Crippen LogP contribution in [0.2, 0.25) is 0 Å². The summed E-state index contributed by atoms with van der Waals surface area (Å²) in [5.41, 5.74) is 0. The van der Waals surface area contributed by atoms with Crippen molar-refractivity contribution in [3.8, 4) is 0 Å². The minimum absolute atomic E-state index is 0.204. The van der Waals surface area contributed by atoms with Crippen LogP contribution in [0.1, 0.15) is 0 Å². The van der Waals surface area contributed by atoms with E-state index in [2.05, 4.69) is 0 Å². The lowest BCUT2D eigenvalue weighted by Crippen LogP contribution is -2.52. The molecule has 0 radical (unpaired) electrons. The topological polar surface area (TPSA) is 136 Å². The van der Waals surface area contributed by atoms with Crippen molar-refractivity contribution < 1.29 is 29.7 Å². The second kappa shape index (κ2) is 6.74. The van der Waals surface area contributed by atoms with Crippen molar-refractivity contribution in [1.82, 2.24) is 10.6 Å². The molecular formula is C7H12N2O6. The number of aliphatic hydroxyl groups excluding tert-OH is 2. The molecule has 8 heteroatoms. The predicted molar refractivity (Wildman–Crippen MR) is 46.7 cm³/mol. The van der Waals surface area contributed by atoms with Gasteiger partial charge in [-0.2, -0.15) is 0 Å². The fourth-order valence-corrected chi connectivity index (χ4v) is 0.751. The van der Waals surface area contributed by atoms with Gasteiger partial charge in [-0.05, 0) is 0 Å². The van der Waals surface area contributed by atoms with E-state index in [1.807, 2.05) is 10.6 Å². The van der Waals surface area contributed by atoms with E-state index in [0.717, 1.165) is 0 Å². The molecule has 2 amide bonds. The third-order valence-electron chi connectivity index (χ3n) is 1.57. The Morgan fingerprint density at radius 3 is 2.07 bits per heavy atom. The zero-order valence-corrected chi connectivity index (χ0v) is 7.71. The Balaban J connectivity index is 4.30. The number of hydrogen-bond acceptors (Lipinski definition) is 5. The highest BCUT2D eigenvalue weighted by molar-refractivity contribution is 5.88. The largest absolute Gasteiger partial charge is 0.480 e. The summed E-state index contributed by atoms with van der Waals surface area (Å²) in [5.74, 6) is -2.29. The summed E-state index contributed by atoms with van der Waals surface area (Å²) in [6.07, 6.45) is 0.204. The summed E-state index contributed by atoms with van der Waals surface area (Å²) in [7, 11) is 0. The van der Waals surface area contributed by atoms with Gasteiger partial charge >= 0.3 is 5.97 Å². The molecule has 5 N–H and O–H groups in total. The van der Waals surface area contributed by atoms with Crippen LogP contribution < -0.4 is 10.6 Å². The third kappa shape index (κ3) is 4.38. The summed E-state index contributed by atoms with van der Waals surface area (Å²) < 4.78 is 0. The quantitative estimate of drug-likeness (QED) is 0.284. The molecule has 0 rings (SSSR count). The van der Waals surface area contributed by atoms with Gasteiger partial charge < -0.3 is 26.0 Å². The molecule has 15 heavy (non-hydrogen) atoms. The molecule has 0 aliphatic carbocycles. The smallest absolute Gasteiger partial charge is 0.328 e. The van der Waals surface area contributed by atoms with E-state index in [4.69, 9.17) is 15.3 Å². The van der Waals surface area contributed by atoms with Gasteiger partial charge in [-0.15, -0.1) is 0 Å². The first-order chi connectivity index (χ1) is 7.06. The highest BCUT2D eigenvalue weighted by atomic mass is 16.4. The van der Waals surface area contributed by atoms with Crippen molar-refractivity contribution in [1.29, 1.82) is 0 Å². The lowest BCUT2D eigenvalue weighted by molar-refractivity contribution is -0.143. The van der Waals surface area contributed by atoms with E-state index >= 15 is 0 Å². The molecule has 0 aromatic rings. The molecule has 0 aromatic carbocycles. The van der Waals surface area contributed by atoms with Gasteiger partial charge in [-0.25, -0.2) is 4.79 Å². The Hall–Kier alpha value is -1.67. The highest BCUT2D eigenvalue weighted by Gasteiger charge is 2.23. The molecule has 0 fully saturated rings. The van der Waals surface area contributed by atoms with Gasteiger partial charge in [0.25, 0.3) is 0 Å². The van der Waals surface area contributed by atoms with Gasteiger partial charge in [-0.3, -0.25) is 9.59 Å². The molecular weight excluding hydrogens is 208 g/mol. The third-order valence-corrected chi connectivity index (χ3v) is 1.57. The van der Waals surface area contributed by atoms with Gasteiger partial charge in [0, 0.05) is 0 Å². The molecule has 0 saturated carbocycles. The lowest BCUT2D eigenvalue weighted by atomic mass is 10.2. The Morgan fingerprint density at radius 1 is 1.20 bits per heavy atom. The van der Waals surface area contributed by atoms with Crippen LogP contribution in [0.25, 0.3) is 0 Å². The molecule has 0 aliphatic rings. The SMILES string of the molecule is O=CN[C@@H](CO)C(=O)NC(CO)C(=O)O. The van der Waals surface area contributed by atoms with Crippen LogP contribution in [-0.4, -0.2) is 58.9 Å². The van der Waals surface area contributed by atoms with Crippen LogP contribution in [0.4, 0.5) is 0 Å². The monoisotopic (exact) mass is 220 g/mol. The zero-order valence-electron chi connectivity index (χ0n) is 7.71. The standard InChI is InChI=1S/C7H12N2O6/c10-1-4(8-3-12)6(13)9-5(2-11)7(14)15/h3-5,10-11H,1-2H2,(H,8,12)(H,9,13)(H,14,15)/t4-,5?/m0/s1. The van der Waals surface area contributed by atoms with E-state index in [1.165, 1.54) is 0 Å². The zero-order chi connectivity index (χ0) is 11.8. The normalized spacial score (nSPS) is 13.7. The number of rotatable bonds is 7. The number of aliphatic carboxylic acids is 1. The fraction of sp³-hybridized carbons (Fsp3) is 0.571.